The Kier molecular flexibility index (Phi) is 8.30. The summed E-state index contributed by atoms with van der Waals surface area (Å²) in [6.45, 7) is 10.5. The lowest BCUT2D eigenvalue weighted by molar-refractivity contribution is 0.0537. The van der Waals surface area contributed by atoms with Gasteiger partial charge in [-0.1, -0.05) is 33.8 Å². The largest absolute Gasteiger partial charge is 0.358 e. The van der Waals surface area contributed by atoms with Crippen LogP contribution in [-0.4, -0.2) is 46.5 Å². The Morgan fingerprint density at radius 3 is 2.56 bits per heavy atom. The number of carbonyl (C=O) groups is 1. The Morgan fingerprint density at radius 1 is 1.31 bits per heavy atom. The molecule has 1 unspecified atom stereocenters. The highest BCUT2D eigenvalue weighted by Crippen LogP contribution is 2.30. The van der Waals surface area contributed by atoms with Gasteiger partial charge in [-0.05, 0) is 30.0 Å². The fraction of sp³-hybridized carbons (Fsp3) is 0.455. The first-order chi connectivity index (χ1) is 15.0. The van der Waals surface area contributed by atoms with Crippen LogP contribution < -0.4 is 15.7 Å². The third-order valence-electron chi connectivity index (χ3n) is 4.47. The van der Waals surface area contributed by atoms with Crippen molar-refractivity contribution in [2.75, 3.05) is 36.7 Å². The summed E-state index contributed by atoms with van der Waals surface area (Å²) in [4.78, 5) is 27.6. The van der Waals surface area contributed by atoms with Gasteiger partial charge in [-0.15, -0.1) is 0 Å². The quantitative estimate of drug-likeness (QED) is 0.457. The van der Waals surface area contributed by atoms with Crippen LogP contribution in [0.15, 0.2) is 23.4 Å². The van der Waals surface area contributed by atoms with E-state index in [1.165, 1.54) is 7.11 Å². The summed E-state index contributed by atoms with van der Waals surface area (Å²) in [5, 5.41) is 13.2. The Bertz CT molecular complexity index is 1060. The SMILES string of the molecule is CCS(=O)c1nc(Nc2cc(C(=O)NOC)ccc2C)c(C#N)c(N(C)CC(C)(C)C)n1. The predicted molar refractivity (Wildman–Crippen MR) is 125 cm³/mol. The van der Waals surface area contributed by atoms with Crippen molar-refractivity contribution in [1.29, 1.82) is 5.26 Å². The zero-order chi connectivity index (χ0) is 24.1. The molecule has 9 nitrogen and oxygen atoms in total. The molecule has 2 rings (SSSR count). The molecule has 1 heterocycles. The second kappa shape index (κ2) is 10.5. The Balaban J connectivity index is 2.61. The predicted octanol–water partition coefficient (Wildman–Crippen LogP) is 3.30. The molecule has 1 aromatic carbocycles. The first kappa shape index (κ1) is 25.2. The molecule has 0 radical (unpaired) electrons. The highest BCUT2D eigenvalue weighted by molar-refractivity contribution is 7.84. The lowest BCUT2D eigenvalue weighted by Gasteiger charge is -2.28. The van der Waals surface area contributed by atoms with Gasteiger partial charge in [0.25, 0.3) is 5.91 Å². The molecule has 0 aliphatic rings. The number of hydrogen-bond donors (Lipinski definition) is 2. The molecule has 0 spiro atoms. The number of hydrogen-bond acceptors (Lipinski definition) is 8. The molecular weight excluding hydrogens is 428 g/mol. The topological polar surface area (TPSA) is 120 Å². The minimum Gasteiger partial charge on any atom is -0.358 e. The van der Waals surface area contributed by atoms with E-state index < -0.39 is 16.7 Å². The van der Waals surface area contributed by atoms with Crippen LogP contribution in [0.3, 0.4) is 0 Å². The average molecular weight is 459 g/mol. The van der Waals surface area contributed by atoms with Crippen molar-refractivity contribution in [2.24, 2.45) is 5.41 Å². The number of aryl methyl sites for hydroxylation is 1. The van der Waals surface area contributed by atoms with E-state index in [0.717, 1.165) is 5.56 Å². The second-order valence-corrected chi connectivity index (χ2v) is 10.1. The van der Waals surface area contributed by atoms with Gasteiger partial charge in [0.15, 0.2) is 11.6 Å². The number of rotatable bonds is 8. The first-order valence-corrected chi connectivity index (χ1v) is 11.4. The Labute approximate surface area is 191 Å². The zero-order valence-electron chi connectivity index (χ0n) is 19.6. The fourth-order valence-corrected chi connectivity index (χ4v) is 3.73. The van der Waals surface area contributed by atoms with E-state index >= 15 is 0 Å². The van der Waals surface area contributed by atoms with Crippen LogP contribution in [0.1, 0.15) is 49.2 Å². The van der Waals surface area contributed by atoms with Crippen LogP contribution in [0, 0.1) is 23.7 Å². The first-order valence-electron chi connectivity index (χ1n) is 10.1. The molecule has 172 valence electrons. The number of nitriles is 1. The molecule has 0 saturated heterocycles. The molecular formula is C22H30N6O3S. The molecule has 2 N–H and O–H groups in total. The minimum atomic E-state index is -1.42. The van der Waals surface area contributed by atoms with Crippen molar-refractivity contribution in [1.82, 2.24) is 15.4 Å². The van der Waals surface area contributed by atoms with E-state index in [-0.39, 0.29) is 22.0 Å². The number of nitrogens with zero attached hydrogens (tertiary/aromatic N) is 4. The molecule has 1 aromatic heterocycles. The maximum absolute atomic E-state index is 12.6. The van der Waals surface area contributed by atoms with Crippen molar-refractivity contribution in [2.45, 2.75) is 39.8 Å². The number of nitrogens with one attached hydrogen (secondary N) is 2. The summed E-state index contributed by atoms with van der Waals surface area (Å²) in [6.07, 6.45) is 0. The van der Waals surface area contributed by atoms with Gasteiger partial charge in [0, 0.05) is 30.6 Å². The summed E-state index contributed by atoms with van der Waals surface area (Å²) in [5.74, 6) is 0.585. The van der Waals surface area contributed by atoms with Crippen LogP contribution >= 0.6 is 0 Å². The van der Waals surface area contributed by atoms with Crippen LogP contribution in [0.4, 0.5) is 17.3 Å². The van der Waals surface area contributed by atoms with Crippen molar-refractivity contribution in [3.8, 4) is 6.07 Å². The van der Waals surface area contributed by atoms with E-state index in [2.05, 4.69) is 47.6 Å². The smallest absolute Gasteiger partial charge is 0.274 e. The number of anilines is 3. The highest BCUT2D eigenvalue weighted by atomic mass is 32.2. The summed E-state index contributed by atoms with van der Waals surface area (Å²) < 4.78 is 12.6. The van der Waals surface area contributed by atoms with Gasteiger partial charge in [0.1, 0.15) is 11.6 Å². The molecule has 10 heteroatoms. The molecule has 0 aliphatic carbocycles. The fourth-order valence-electron chi connectivity index (χ4n) is 3.09. The van der Waals surface area contributed by atoms with E-state index in [0.29, 0.717) is 29.4 Å². The number of aromatic nitrogens is 2. The minimum absolute atomic E-state index is 0.0519. The Morgan fingerprint density at radius 2 is 2.00 bits per heavy atom. The van der Waals surface area contributed by atoms with Crippen molar-refractivity contribution >= 4 is 34.0 Å². The van der Waals surface area contributed by atoms with Gasteiger partial charge in [0.2, 0.25) is 5.16 Å². The Hall–Kier alpha value is -3.03. The van der Waals surface area contributed by atoms with Crippen molar-refractivity contribution < 1.29 is 13.8 Å². The molecule has 0 aliphatic heterocycles. The van der Waals surface area contributed by atoms with Gasteiger partial charge >= 0.3 is 0 Å². The molecule has 0 saturated carbocycles. The van der Waals surface area contributed by atoms with Crippen LogP contribution in [0.2, 0.25) is 0 Å². The zero-order valence-corrected chi connectivity index (χ0v) is 20.4. The summed E-state index contributed by atoms with van der Waals surface area (Å²) in [7, 11) is 1.78. The van der Waals surface area contributed by atoms with E-state index in [1.807, 2.05) is 18.9 Å². The number of benzene rings is 1. The average Bonchev–Trinajstić information content (AvgIpc) is 2.73. The monoisotopic (exact) mass is 458 g/mol. The molecule has 2 aromatic rings. The van der Waals surface area contributed by atoms with E-state index in [9.17, 15) is 14.3 Å². The van der Waals surface area contributed by atoms with Crippen LogP contribution in [-0.2, 0) is 15.6 Å². The normalized spacial score (nSPS) is 12.1. The highest BCUT2D eigenvalue weighted by Gasteiger charge is 2.23. The van der Waals surface area contributed by atoms with Crippen molar-refractivity contribution in [3.63, 3.8) is 0 Å². The summed E-state index contributed by atoms with van der Waals surface area (Å²) in [6, 6.07) is 7.27. The summed E-state index contributed by atoms with van der Waals surface area (Å²) >= 11 is 0. The maximum Gasteiger partial charge on any atom is 0.274 e. The van der Waals surface area contributed by atoms with E-state index in [1.54, 1.807) is 25.1 Å². The molecule has 32 heavy (non-hydrogen) atoms. The van der Waals surface area contributed by atoms with Crippen LogP contribution in [0.5, 0.6) is 0 Å². The van der Waals surface area contributed by atoms with E-state index in [4.69, 9.17) is 4.84 Å². The lowest BCUT2D eigenvalue weighted by Crippen LogP contribution is -2.31. The standard InChI is InChI=1S/C22H30N6O3S/c1-8-32(30)21-25-18(16(12-23)19(26-21)28(6)13-22(3,4)5)24-17-11-15(10-9-14(17)2)20(29)27-31-7/h9-11H,8,13H2,1-7H3,(H,27,29)(H,24,25,26). The van der Waals surface area contributed by atoms with Gasteiger partial charge in [-0.25, -0.2) is 15.4 Å². The molecule has 0 bridgehead atoms. The number of carbonyl (C=O) groups excluding carboxylic acids is 1. The van der Waals surface area contributed by atoms with Gasteiger partial charge < -0.3 is 10.2 Å². The third kappa shape index (κ3) is 6.24. The molecule has 1 amide bonds. The molecule has 1 atom stereocenters. The van der Waals surface area contributed by atoms with Gasteiger partial charge in [-0.2, -0.15) is 5.26 Å². The summed E-state index contributed by atoms with van der Waals surface area (Å²) in [5.41, 5.74) is 4.26. The van der Waals surface area contributed by atoms with Crippen LogP contribution in [0.25, 0.3) is 0 Å². The maximum atomic E-state index is 12.6. The lowest BCUT2D eigenvalue weighted by atomic mass is 9.96. The third-order valence-corrected chi connectivity index (χ3v) is 5.58. The van der Waals surface area contributed by atoms with Gasteiger partial charge in [-0.3, -0.25) is 13.8 Å². The second-order valence-electron chi connectivity index (χ2n) is 8.51. The number of amides is 1. The van der Waals surface area contributed by atoms with Crippen molar-refractivity contribution in [3.05, 3.63) is 34.9 Å². The van der Waals surface area contributed by atoms with Gasteiger partial charge in [0.05, 0.1) is 17.9 Å². The molecule has 0 fully saturated rings. The number of hydroxylamine groups is 1.